The molecule has 3 N–H and O–H groups in total. The summed E-state index contributed by atoms with van der Waals surface area (Å²) in [6.45, 7) is 6.44. The van der Waals surface area contributed by atoms with E-state index in [0.717, 1.165) is 0 Å². The molecule has 0 aromatic rings. The number of amides is 1. The zero-order chi connectivity index (χ0) is 9.02. The van der Waals surface area contributed by atoms with E-state index in [4.69, 9.17) is 15.6 Å². The highest BCUT2D eigenvalue weighted by Gasteiger charge is 2.13. The van der Waals surface area contributed by atoms with E-state index in [9.17, 15) is 4.79 Å². The molecule has 0 aliphatic heterocycles. The van der Waals surface area contributed by atoms with E-state index in [1.54, 1.807) is 6.92 Å². The van der Waals surface area contributed by atoms with Gasteiger partial charge in [0.2, 0.25) is 5.91 Å². The number of primary amides is 1. The van der Waals surface area contributed by atoms with Gasteiger partial charge in [-0.15, -0.1) is 0 Å². The van der Waals surface area contributed by atoms with Gasteiger partial charge in [0.15, 0.2) is 6.29 Å². The summed E-state index contributed by atoms with van der Waals surface area (Å²) < 4.78 is 4.83. The second kappa shape index (κ2) is 4.10. The smallest absolute Gasteiger partial charge is 0.246 e. The summed E-state index contributed by atoms with van der Waals surface area (Å²) in [6, 6.07) is 0. The third-order valence-corrected chi connectivity index (χ3v) is 1.21. The number of carbonyl (C=O) groups excluding carboxylic acids is 1. The van der Waals surface area contributed by atoms with Crippen LogP contribution in [0, 0.1) is 0 Å². The number of aliphatic hydroxyl groups is 1. The Hall–Kier alpha value is -0.870. The van der Waals surface area contributed by atoms with Gasteiger partial charge in [0.25, 0.3) is 0 Å². The first-order valence-corrected chi connectivity index (χ1v) is 3.27. The lowest BCUT2D eigenvalue weighted by molar-refractivity contribution is -0.123. The van der Waals surface area contributed by atoms with Crippen LogP contribution in [-0.4, -0.2) is 23.4 Å². The highest BCUT2D eigenvalue weighted by atomic mass is 16.6. The summed E-state index contributed by atoms with van der Waals surface area (Å²) >= 11 is 0. The second-order valence-corrected chi connectivity index (χ2v) is 2.27. The van der Waals surface area contributed by atoms with Crippen molar-refractivity contribution in [3.8, 4) is 0 Å². The maximum absolute atomic E-state index is 10.5. The van der Waals surface area contributed by atoms with Crippen LogP contribution >= 0.6 is 0 Å². The Balaban J connectivity index is 3.93. The van der Waals surface area contributed by atoms with Gasteiger partial charge in [-0.25, -0.2) is 0 Å². The van der Waals surface area contributed by atoms with Crippen LogP contribution in [0.2, 0.25) is 0 Å². The molecule has 0 aromatic heterocycles. The molecule has 0 heterocycles. The zero-order valence-electron chi connectivity index (χ0n) is 6.70. The van der Waals surface area contributed by atoms with Crippen molar-refractivity contribution < 1.29 is 14.6 Å². The first-order chi connectivity index (χ1) is 4.95. The molecule has 0 saturated carbocycles. The number of hydrogen-bond donors (Lipinski definition) is 2. The monoisotopic (exact) mass is 159 g/mol. The van der Waals surface area contributed by atoms with E-state index in [2.05, 4.69) is 6.58 Å². The van der Waals surface area contributed by atoms with Gasteiger partial charge in [-0.05, 0) is 13.8 Å². The third kappa shape index (κ3) is 3.75. The van der Waals surface area contributed by atoms with Gasteiger partial charge in [-0.1, -0.05) is 6.58 Å². The van der Waals surface area contributed by atoms with Crippen molar-refractivity contribution in [1.82, 2.24) is 0 Å². The van der Waals surface area contributed by atoms with Crippen LogP contribution in [-0.2, 0) is 9.53 Å². The molecule has 2 unspecified atom stereocenters. The molecule has 0 aliphatic rings. The molecule has 2 atom stereocenters. The fourth-order valence-electron chi connectivity index (χ4n) is 0.578. The molecule has 1 amide bonds. The number of aliphatic hydroxyl groups excluding tert-OH is 1. The van der Waals surface area contributed by atoms with Crippen molar-refractivity contribution in [3.63, 3.8) is 0 Å². The molecule has 0 radical (unpaired) electrons. The highest BCUT2D eigenvalue weighted by molar-refractivity contribution is 5.92. The molecule has 0 saturated heterocycles. The van der Waals surface area contributed by atoms with Gasteiger partial charge in [0.05, 0.1) is 6.10 Å². The van der Waals surface area contributed by atoms with Gasteiger partial charge in [-0.2, -0.15) is 0 Å². The van der Waals surface area contributed by atoms with Crippen LogP contribution in [0.5, 0.6) is 0 Å². The molecule has 11 heavy (non-hydrogen) atoms. The molecule has 0 aliphatic carbocycles. The highest BCUT2D eigenvalue weighted by Crippen LogP contribution is 2.04. The minimum Gasteiger partial charge on any atom is -0.368 e. The van der Waals surface area contributed by atoms with Gasteiger partial charge in [0.1, 0.15) is 0 Å². The largest absolute Gasteiger partial charge is 0.368 e. The first-order valence-electron chi connectivity index (χ1n) is 3.27. The normalized spacial score (nSPS) is 15.5. The Bertz CT molecular complexity index is 165. The fourth-order valence-corrected chi connectivity index (χ4v) is 0.578. The van der Waals surface area contributed by atoms with E-state index < -0.39 is 18.3 Å². The molecular weight excluding hydrogens is 146 g/mol. The van der Waals surface area contributed by atoms with Crippen molar-refractivity contribution in [3.05, 3.63) is 12.2 Å². The second-order valence-electron chi connectivity index (χ2n) is 2.27. The fraction of sp³-hybridized carbons (Fsp3) is 0.571. The lowest BCUT2D eigenvalue weighted by Crippen LogP contribution is -2.26. The molecule has 0 rings (SSSR count). The van der Waals surface area contributed by atoms with Gasteiger partial charge in [-0.3, -0.25) is 4.79 Å². The Morgan fingerprint density at radius 3 is 2.36 bits per heavy atom. The van der Waals surface area contributed by atoms with E-state index in [0.29, 0.717) is 0 Å². The first kappa shape index (κ1) is 10.1. The summed E-state index contributed by atoms with van der Waals surface area (Å²) in [7, 11) is 0. The minimum absolute atomic E-state index is 0.158. The zero-order valence-corrected chi connectivity index (χ0v) is 6.70. The van der Waals surface area contributed by atoms with E-state index in [-0.39, 0.29) is 5.57 Å². The molecule has 0 fully saturated rings. The SMILES string of the molecule is C=C(C(N)=O)C(C)OC(C)O. The van der Waals surface area contributed by atoms with Crippen LogP contribution in [0.25, 0.3) is 0 Å². The molecule has 0 bridgehead atoms. The summed E-state index contributed by atoms with van der Waals surface area (Å²) in [5.74, 6) is -0.613. The van der Waals surface area contributed by atoms with Crippen molar-refractivity contribution in [1.29, 1.82) is 0 Å². The maximum atomic E-state index is 10.5. The Kier molecular flexibility index (Phi) is 3.78. The van der Waals surface area contributed by atoms with E-state index in [1.807, 2.05) is 0 Å². The summed E-state index contributed by atoms with van der Waals surface area (Å²) in [6.07, 6.45) is -1.45. The topological polar surface area (TPSA) is 72.6 Å². The number of ether oxygens (including phenoxy) is 1. The number of hydrogen-bond acceptors (Lipinski definition) is 3. The Morgan fingerprint density at radius 2 is 2.09 bits per heavy atom. The van der Waals surface area contributed by atoms with Crippen LogP contribution in [0.15, 0.2) is 12.2 Å². The molecule has 0 aromatic carbocycles. The Labute approximate surface area is 65.6 Å². The van der Waals surface area contributed by atoms with E-state index >= 15 is 0 Å². The van der Waals surface area contributed by atoms with E-state index in [1.165, 1.54) is 6.92 Å². The molecule has 64 valence electrons. The van der Waals surface area contributed by atoms with Gasteiger partial charge < -0.3 is 15.6 Å². The third-order valence-electron chi connectivity index (χ3n) is 1.21. The van der Waals surface area contributed by atoms with Crippen LogP contribution in [0.1, 0.15) is 13.8 Å². The maximum Gasteiger partial charge on any atom is 0.246 e. The summed E-state index contributed by atoms with van der Waals surface area (Å²) in [5, 5.41) is 8.74. The lowest BCUT2D eigenvalue weighted by Gasteiger charge is -2.14. The summed E-state index contributed by atoms with van der Waals surface area (Å²) in [4.78, 5) is 10.5. The predicted molar refractivity (Wildman–Crippen MR) is 40.6 cm³/mol. The van der Waals surface area contributed by atoms with Crippen LogP contribution < -0.4 is 5.73 Å². The summed E-state index contributed by atoms with van der Waals surface area (Å²) in [5.41, 5.74) is 5.07. The lowest BCUT2D eigenvalue weighted by atomic mass is 10.2. The number of nitrogens with two attached hydrogens (primary N) is 1. The number of carbonyl (C=O) groups is 1. The van der Waals surface area contributed by atoms with Crippen molar-refractivity contribution in [2.75, 3.05) is 0 Å². The van der Waals surface area contributed by atoms with Crippen molar-refractivity contribution in [2.45, 2.75) is 26.2 Å². The molecular formula is C7H13NO3. The molecule has 0 spiro atoms. The predicted octanol–water partition coefficient (Wildman–Crippen LogP) is -0.229. The quantitative estimate of drug-likeness (QED) is 0.439. The average Bonchev–Trinajstić information content (AvgIpc) is 1.84. The van der Waals surface area contributed by atoms with Crippen LogP contribution in [0.4, 0.5) is 0 Å². The molecule has 4 heteroatoms. The molecule has 4 nitrogen and oxygen atoms in total. The average molecular weight is 159 g/mol. The van der Waals surface area contributed by atoms with Crippen molar-refractivity contribution >= 4 is 5.91 Å². The Morgan fingerprint density at radius 1 is 1.64 bits per heavy atom. The van der Waals surface area contributed by atoms with Crippen molar-refractivity contribution in [2.24, 2.45) is 5.73 Å². The standard InChI is InChI=1S/C7H13NO3/c1-4(7(8)10)5(2)11-6(3)9/h5-6,9H,1H2,2-3H3,(H2,8,10). The van der Waals surface area contributed by atoms with Crippen LogP contribution in [0.3, 0.4) is 0 Å². The minimum atomic E-state index is -0.916. The van der Waals surface area contributed by atoms with Gasteiger partial charge in [0, 0.05) is 5.57 Å². The van der Waals surface area contributed by atoms with Gasteiger partial charge >= 0.3 is 0 Å². The number of rotatable bonds is 4.